The van der Waals surface area contributed by atoms with Crippen LogP contribution in [0.2, 0.25) is 0 Å². The lowest BCUT2D eigenvalue weighted by Crippen LogP contribution is -2.33. The minimum absolute atomic E-state index is 0.0682. The molecule has 2 rings (SSSR count). The summed E-state index contributed by atoms with van der Waals surface area (Å²) in [6.07, 6.45) is 2.87. The molecule has 1 heterocycles. The van der Waals surface area contributed by atoms with Crippen molar-refractivity contribution >= 4 is 16.0 Å². The number of nitrogens with zero attached hydrogens (tertiary/aromatic N) is 1. The van der Waals surface area contributed by atoms with Crippen LogP contribution in [0.1, 0.15) is 42.1 Å². The summed E-state index contributed by atoms with van der Waals surface area (Å²) in [6, 6.07) is 6.03. The molecule has 0 amide bonds. The van der Waals surface area contributed by atoms with E-state index in [2.05, 4.69) is 6.92 Å². The molecule has 5 nitrogen and oxygen atoms in total. The second-order valence-electron chi connectivity index (χ2n) is 5.69. The number of sulfonamides is 1. The van der Waals surface area contributed by atoms with Gasteiger partial charge in [0.1, 0.15) is 0 Å². The zero-order valence-corrected chi connectivity index (χ0v) is 13.0. The standard InChI is InChI=1S/C15H21NO4S/c1-12-3-2-9-16(10-8-12)21(19,20)11-13-4-6-14(7-5-13)15(17)18/h4-7,12H,2-3,8-11H2,1H3,(H,17,18). The third-order valence-electron chi connectivity index (χ3n) is 3.92. The van der Waals surface area contributed by atoms with Crippen molar-refractivity contribution < 1.29 is 18.3 Å². The van der Waals surface area contributed by atoms with Crippen molar-refractivity contribution in [2.75, 3.05) is 13.1 Å². The summed E-state index contributed by atoms with van der Waals surface area (Å²) in [6.45, 7) is 3.32. The van der Waals surface area contributed by atoms with Crippen molar-refractivity contribution in [3.8, 4) is 0 Å². The van der Waals surface area contributed by atoms with Crippen LogP contribution < -0.4 is 0 Å². The molecule has 1 saturated heterocycles. The Morgan fingerprint density at radius 3 is 2.52 bits per heavy atom. The summed E-state index contributed by atoms with van der Waals surface area (Å²) in [4.78, 5) is 10.8. The predicted molar refractivity (Wildman–Crippen MR) is 80.6 cm³/mol. The second kappa shape index (κ2) is 6.58. The number of benzene rings is 1. The van der Waals surface area contributed by atoms with Crippen LogP contribution in [0.15, 0.2) is 24.3 Å². The Kier molecular flexibility index (Phi) is 5.00. The van der Waals surface area contributed by atoms with Gasteiger partial charge in [0.05, 0.1) is 11.3 Å². The van der Waals surface area contributed by atoms with Crippen molar-refractivity contribution in [3.05, 3.63) is 35.4 Å². The van der Waals surface area contributed by atoms with Crippen LogP contribution in [-0.4, -0.2) is 36.9 Å². The van der Waals surface area contributed by atoms with Gasteiger partial charge in [0.2, 0.25) is 10.0 Å². The van der Waals surface area contributed by atoms with E-state index in [0.717, 1.165) is 19.3 Å². The highest BCUT2D eigenvalue weighted by Gasteiger charge is 2.25. The summed E-state index contributed by atoms with van der Waals surface area (Å²) >= 11 is 0. The lowest BCUT2D eigenvalue weighted by Gasteiger charge is -2.20. The van der Waals surface area contributed by atoms with Crippen LogP contribution in [-0.2, 0) is 15.8 Å². The topological polar surface area (TPSA) is 74.7 Å². The fourth-order valence-electron chi connectivity index (χ4n) is 2.56. The minimum atomic E-state index is -3.33. The molecule has 0 aromatic heterocycles. The molecule has 21 heavy (non-hydrogen) atoms. The summed E-state index contributed by atoms with van der Waals surface area (Å²) in [5, 5.41) is 8.84. The Hall–Kier alpha value is -1.40. The van der Waals surface area contributed by atoms with Crippen molar-refractivity contribution in [1.82, 2.24) is 4.31 Å². The molecule has 0 radical (unpaired) electrons. The maximum Gasteiger partial charge on any atom is 0.335 e. The van der Waals surface area contributed by atoms with Gasteiger partial charge in [0.15, 0.2) is 0 Å². The Balaban J connectivity index is 2.07. The number of carboxylic acids is 1. The highest BCUT2D eigenvalue weighted by atomic mass is 32.2. The van der Waals surface area contributed by atoms with Crippen molar-refractivity contribution in [2.45, 2.75) is 31.9 Å². The van der Waals surface area contributed by atoms with Gasteiger partial charge in [-0.15, -0.1) is 0 Å². The fraction of sp³-hybridized carbons (Fsp3) is 0.533. The maximum absolute atomic E-state index is 12.4. The number of hydrogen-bond donors (Lipinski definition) is 1. The molecule has 0 aliphatic carbocycles. The molecular weight excluding hydrogens is 290 g/mol. The van der Waals surface area contributed by atoms with Gasteiger partial charge in [-0.1, -0.05) is 19.1 Å². The monoisotopic (exact) mass is 311 g/mol. The van der Waals surface area contributed by atoms with E-state index in [0.29, 0.717) is 24.6 Å². The van der Waals surface area contributed by atoms with E-state index < -0.39 is 16.0 Å². The van der Waals surface area contributed by atoms with Crippen LogP contribution >= 0.6 is 0 Å². The third kappa shape index (κ3) is 4.28. The van der Waals surface area contributed by atoms with Gasteiger partial charge >= 0.3 is 5.97 Å². The summed E-state index contributed by atoms with van der Waals surface area (Å²) in [5.74, 6) is -0.507. The molecule has 1 N–H and O–H groups in total. The first kappa shape index (κ1) is 16.0. The number of rotatable bonds is 4. The molecule has 0 spiro atoms. The fourth-order valence-corrected chi connectivity index (χ4v) is 4.15. The number of aromatic carboxylic acids is 1. The summed E-state index contributed by atoms with van der Waals surface area (Å²) < 4.78 is 26.5. The first-order chi connectivity index (χ1) is 9.88. The Bertz CT molecular complexity index is 595. The van der Waals surface area contributed by atoms with Crippen molar-refractivity contribution in [3.63, 3.8) is 0 Å². The quantitative estimate of drug-likeness (QED) is 0.926. The zero-order valence-electron chi connectivity index (χ0n) is 12.2. The van der Waals surface area contributed by atoms with Gasteiger partial charge in [0, 0.05) is 13.1 Å². The Morgan fingerprint density at radius 2 is 1.90 bits per heavy atom. The van der Waals surface area contributed by atoms with Crippen LogP contribution in [0.25, 0.3) is 0 Å². The highest BCUT2D eigenvalue weighted by molar-refractivity contribution is 7.88. The zero-order chi connectivity index (χ0) is 15.5. The van der Waals surface area contributed by atoms with Crippen molar-refractivity contribution in [1.29, 1.82) is 0 Å². The van der Waals surface area contributed by atoms with E-state index in [9.17, 15) is 13.2 Å². The average molecular weight is 311 g/mol. The molecule has 116 valence electrons. The van der Waals surface area contributed by atoms with Gasteiger partial charge in [-0.25, -0.2) is 17.5 Å². The number of carbonyl (C=O) groups is 1. The van der Waals surface area contributed by atoms with Gasteiger partial charge in [-0.2, -0.15) is 0 Å². The van der Waals surface area contributed by atoms with E-state index in [1.165, 1.54) is 12.1 Å². The first-order valence-electron chi connectivity index (χ1n) is 7.18. The summed E-state index contributed by atoms with van der Waals surface area (Å²) in [7, 11) is -3.33. The Morgan fingerprint density at radius 1 is 1.24 bits per heavy atom. The molecular formula is C15H21NO4S. The highest BCUT2D eigenvalue weighted by Crippen LogP contribution is 2.20. The Labute approximate surface area is 125 Å². The van der Waals surface area contributed by atoms with Crippen LogP contribution in [0.4, 0.5) is 0 Å². The normalized spacial score (nSPS) is 20.9. The largest absolute Gasteiger partial charge is 0.478 e. The van der Waals surface area contributed by atoms with Crippen molar-refractivity contribution in [2.24, 2.45) is 5.92 Å². The molecule has 1 aromatic carbocycles. The van der Waals surface area contributed by atoms with Gasteiger partial charge < -0.3 is 5.11 Å². The second-order valence-corrected chi connectivity index (χ2v) is 7.66. The summed E-state index contributed by atoms with van der Waals surface area (Å²) in [5.41, 5.74) is 0.789. The van der Waals surface area contributed by atoms with E-state index in [1.54, 1.807) is 16.4 Å². The molecule has 1 aliphatic rings. The molecule has 1 aromatic rings. The van der Waals surface area contributed by atoms with E-state index in [-0.39, 0.29) is 11.3 Å². The molecule has 6 heteroatoms. The first-order valence-corrected chi connectivity index (χ1v) is 8.79. The molecule has 1 atom stereocenters. The van der Waals surface area contributed by atoms with Crippen LogP contribution in [0.5, 0.6) is 0 Å². The van der Waals surface area contributed by atoms with E-state index in [1.807, 2.05) is 0 Å². The molecule has 1 fully saturated rings. The molecule has 1 unspecified atom stereocenters. The average Bonchev–Trinajstić information content (AvgIpc) is 2.64. The maximum atomic E-state index is 12.4. The lowest BCUT2D eigenvalue weighted by molar-refractivity contribution is 0.0697. The number of hydrogen-bond acceptors (Lipinski definition) is 3. The van der Waals surface area contributed by atoms with Crippen LogP contribution in [0.3, 0.4) is 0 Å². The van der Waals surface area contributed by atoms with Gasteiger partial charge in [-0.3, -0.25) is 0 Å². The SMILES string of the molecule is CC1CCCN(S(=O)(=O)Cc2ccc(C(=O)O)cc2)CC1. The van der Waals surface area contributed by atoms with Gasteiger partial charge in [-0.05, 0) is 42.9 Å². The third-order valence-corrected chi connectivity index (χ3v) is 5.77. The number of carboxylic acid groups (broad SMARTS) is 1. The smallest absolute Gasteiger partial charge is 0.335 e. The van der Waals surface area contributed by atoms with Gasteiger partial charge in [0.25, 0.3) is 0 Å². The van der Waals surface area contributed by atoms with E-state index >= 15 is 0 Å². The van der Waals surface area contributed by atoms with E-state index in [4.69, 9.17) is 5.11 Å². The molecule has 0 bridgehead atoms. The molecule has 1 aliphatic heterocycles. The minimum Gasteiger partial charge on any atom is -0.478 e. The van der Waals surface area contributed by atoms with Crippen LogP contribution in [0, 0.1) is 5.92 Å². The lowest BCUT2D eigenvalue weighted by atomic mass is 10.0. The predicted octanol–water partition coefficient (Wildman–Crippen LogP) is 2.34. The molecule has 0 saturated carbocycles.